The summed E-state index contributed by atoms with van der Waals surface area (Å²) in [5.74, 6) is 0.761. The minimum atomic E-state index is 0.0278. The van der Waals surface area contributed by atoms with Gasteiger partial charge >= 0.3 is 0 Å². The maximum absolute atomic E-state index is 8.68. The minimum absolute atomic E-state index is 0.0278. The van der Waals surface area contributed by atoms with Crippen LogP contribution in [0.5, 0.6) is 5.75 Å². The highest BCUT2D eigenvalue weighted by molar-refractivity contribution is 7.09. The number of ether oxygens (including phenoxy) is 1. The zero-order valence-electron chi connectivity index (χ0n) is 9.01. The summed E-state index contributed by atoms with van der Waals surface area (Å²) >= 11 is 1.63. The second-order valence-electron chi connectivity index (χ2n) is 3.35. The number of aliphatic hydroxyl groups excluding tert-OH is 1. The predicted octanol–water partition coefficient (Wildman–Crippen LogP) is 2.49. The molecule has 0 saturated heterocycles. The molecule has 0 fully saturated rings. The number of aromatic nitrogens is 1. The van der Waals surface area contributed by atoms with E-state index in [1.807, 2.05) is 36.6 Å². The molecule has 0 spiro atoms. The third-order valence-corrected chi connectivity index (χ3v) is 2.88. The van der Waals surface area contributed by atoms with Crippen LogP contribution >= 0.6 is 11.3 Å². The Hall–Kier alpha value is -1.39. The maximum atomic E-state index is 8.68. The van der Waals surface area contributed by atoms with Crippen molar-refractivity contribution in [2.24, 2.45) is 0 Å². The summed E-state index contributed by atoms with van der Waals surface area (Å²) in [5, 5.41) is 11.8. The fourth-order valence-corrected chi connectivity index (χ4v) is 2.03. The molecule has 3 nitrogen and oxygen atoms in total. The molecule has 0 radical (unpaired) electrons. The molecule has 0 aliphatic heterocycles. The molecule has 0 aliphatic carbocycles. The molecule has 0 saturated carbocycles. The van der Waals surface area contributed by atoms with Crippen LogP contribution in [0.15, 0.2) is 29.6 Å². The van der Waals surface area contributed by atoms with E-state index in [0.717, 1.165) is 22.0 Å². The number of hydrogen-bond acceptors (Lipinski definition) is 4. The van der Waals surface area contributed by atoms with Gasteiger partial charge in [0, 0.05) is 10.9 Å². The Morgan fingerprint density at radius 1 is 1.44 bits per heavy atom. The van der Waals surface area contributed by atoms with Crippen molar-refractivity contribution in [3.63, 3.8) is 0 Å². The van der Waals surface area contributed by atoms with Gasteiger partial charge in [-0.2, -0.15) is 0 Å². The van der Waals surface area contributed by atoms with Gasteiger partial charge in [-0.25, -0.2) is 4.98 Å². The average Bonchev–Trinajstić information content (AvgIpc) is 2.74. The lowest BCUT2D eigenvalue weighted by molar-refractivity contribution is 0.201. The van der Waals surface area contributed by atoms with Crippen LogP contribution in [0.4, 0.5) is 0 Å². The summed E-state index contributed by atoms with van der Waals surface area (Å²) in [6.45, 7) is 2.33. The summed E-state index contributed by atoms with van der Waals surface area (Å²) in [4.78, 5) is 4.42. The molecule has 1 aromatic heterocycles. The van der Waals surface area contributed by atoms with E-state index in [1.165, 1.54) is 0 Å². The number of aliphatic hydroxyl groups is 1. The highest BCUT2D eigenvalue weighted by Crippen LogP contribution is 2.24. The number of hydrogen-bond donors (Lipinski definition) is 1. The molecular formula is C12H13NO2S. The normalized spacial score (nSPS) is 10.4. The summed E-state index contributed by atoms with van der Waals surface area (Å²) in [6, 6.07) is 7.74. The quantitative estimate of drug-likeness (QED) is 0.885. The second kappa shape index (κ2) is 5.09. The standard InChI is InChI=1S/C12H13NO2S/c1-9-13-12(8-16-9)10-3-2-4-11(7-10)15-6-5-14/h2-4,7-8,14H,5-6H2,1H3. The van der Waals surface area contributed by atoms with E-state index in [-0.39, 0.29) is 6.61 Å². The van der Waals surface area contributed by atoms with Crippen molar-refractivity contribution in [3.8, 4) is 17.0 Å². The van der Waals surface area contributed by atoms with Crippen molar-refractivity contribution < 1.29 is 9.84 Å². The monoisotopic (exact) mass is 235 g/mol. The molecule has 0 bridgehead atoms. The van der Waals surface area contributed by atoms with E-state index >= 15 is 0 Å². The van der Waals surface area contributed by atoms with E-state index in [9.17, 15) is 0 Å². The Labute approximate surface area is 98.4 Å². The zero-order valence-corrected chi connectivity index (χ0v) is 9.83. The van der Waals surface area contributed by atoms with Crippen LogP contribution < -0.4 is 4.74 Å². The first-order chi connectivity index (χ1) is 7.79. The van der Waals surface area contributed by atoms with Gasteiger partial charge in [-0.3, -0.25) is 0 Å². The molecule has 0 unspecified atom stereocenters. The summed E-state index contributed by atoms with van der Waals surface area (Å²) in [6.07, 6.45) is 0. The number of nitrogens with zero attached hydrogens (tertiary/aromatic N) is 1. The van der Waals surface area contributed by atoms with Gasteiger partial charge in [0.05, 0.1) is 17.3 Å². The van der Waals surface area contributed by atoms with Crippen LogP contribution in [0.1, 0.15) is 5.01 Å². The van der Waals surface area contributed by atoms with Gasteiger partial charge in [0.15, 0.2) is 0 Å². The Balaban J connectivity index is 2.22. The van der Waals surface area contributed by atoms with Crippen LogP contribution in [0.2, 0.25) is 0 Å². The Bertz CT molecular complexity index is 468. The number of rotatable bonds is 4. The lowest BCUT2D eigenvalue weighted by Crippen LogP contribution is -2.01. The number of thiazole rings is 1. The highest BCUT2D eigenvalue weighted by atomic mass is 32.1. The van der Waals surface area contributed by atoms with E-state index < -0.39 is 0 Å². The first-order valence-corrected chi connectivity index (χ1v) is 5.94. The lowest BCUT2D eigenvalue weighted by atomic mass is 10.2. The van der Waals surface area contributed by atoms with Gasteiger partial charge in [0.25, 0.3) is 0 Å². The van der Waals surface area contributed by atoms with Crippen LogP contribution in [-0.4, -0.2) is 23.3 Å². The van der Waals surface area contributed by atoms with E-state index in [0.29, 0.717) is 6.61 Å². The van der Waals surface area contributed by atoms with Crippen LogP contribution in [0.25, 0.3) is 11.3 Å². The van der Waals surface area contributed by atoms with Crippen molar-refractivity contribution in [1.82, 2.24) is 4.98 Å². The summed E-state index contributed by atoms with van der Waals surface area (Å²) in [7, 11) is 0. The fourth-order valence-electron chi connectivity index (χ4n) is 1.40. The topological polar surface area (TPSA) is 42.4 Å². The van der Waals surface area contributed by atoms with Crippen LogP contribution in [0, 0.1) is 6.92 Å². The van der Waals surface area contributed by atoms with Gasteiger partial charge in [0.1, 0.15) is 12.4 Å². The van der Waals surface area contributed by atoms with Gasteiger partial charge in [-0.05, 0) is 19.1 Å². The highest BCUT2D eigenvalue weighted by Gasteiger charge is 2.03. The first-order valence-electron chi connectivity index (χ1n) is 5.06. The molecule has 1 heterocycles. The van der Waals surface area contributed by atoms with Crippen molar-refractivity contribution in [3.05, 3.63) is 34.7 Å². The SMILES string of the molecule is Cc1nc(-c2cccc(OCCO)c2)cs1. The van der Waals surface area contributed by atoms with Crippen molar-refractivity contribution >= 4 is 11.3 Å². The Morgan fingerprint density at radius 2 is 2.31 bits per heavy atom. The predicted molar refractivity (Wildman–Crippen MR) is 64.9 cm³/mol. The molecule has 2 rings (SSSR count). The molecule has 0 atom stereocenters. The lowest BCUT2D eigenvalue weighted by Gasteiger charge is -2.05. The molecule has 4 heteroatoms. The van der Waals surface area contributed by atoms with E-state index in [2.05, 4.69) is 4.98 Å². The maximum Gasteiger partial charge on any atom is 0.120 e. The third kappa shape index (κ3) is 2.59. The largest absolute Gasteiger partial charge is 0.491 e. The van der Waals surface area contributed by atoms with E-state index in [1.54, 1.807) is 11.3 Å². The molecule has 0 amide bonds. The fraction of sp³-hybridized carbons (Fsp3) is 0.250. The molecule has 1 aromatic carbocycles. The van der Waals surface area contributed by atoms with Crippen molar-refractivity contribution in [1.29, 1.82) is 0 Å². The molecule has 0 aliphatic rings. The first kappa shape index (κ1) is 11.1. The number of aryl methyl sites for hydroxylation is 1. The molecule has 16 heavy (non-hydrogen) atoms. The Kier molecular flexibility index (Phi) is 3.54. The minimum Gasteiger partial charge on any atom is -0.491 e. The molecule has 1 N–H and O–H groups in total. The average molecular weight is 235 g/mol. The molecular weight excluding hydrogens is 222 g/mol. The van der Waals surface area contributed by atoms with Crippen molar-refractivity contribution in [2.75, 3.05) is 13.2 Å². The number of benzene rings is 1. The third-order valence-electron chi connectivity index (χ3n) is 2.11. The van der Waals surface area contributed by atoms with Gasteiger partial charge in [0.2, 0.25) is 0 Å². The zero-order chi connectivity index (χ0) is 11.4. The van der Waals surface area contributed by atoms with Crippen molar-refractivity contribution in [2.45, 2.75) is 6.92 Å². The summed E-state index contributed by atoms with van der Waals surface area (Å²) in [5.41, 5.74) is 2.01. The van der Waals surface area contributed by atoms with Crippen LogP contribution in [0.3, 0.4) is 0 Å². The molecule has 2 aromatic rings. The Morgan fingerprint density at radius 3 is 3.00 bits per heavy atom. The van der Waals surface area contributed by atoms with Gasteiger partial charge in [-0.15, -0.1) is 11.3 Å². The van der Waals surface area contributed by atoms with Gasteiger partial charge in [-0.1, -0.05) is 12.1 Å². The van der Waals surface area contributed by atoms with Gasteiger partial charge < -0.3 is 9.84 Å². The smallest absolute Gasteiger partial charge is 0.120 e. The summed E-state index contributed by atoms with van der Waals surface area (Å²) < 4.78 is 5.35. The second-order valence-corrected chi connectivity index (χ2v) is 4.41. The van der Waals surface area contributed by atoms with E-state index in [4.69, 9.17) is 9.84 Å². The van der Waals surface area contributed by atoms with Crippen LogP contribution in [-0.2, 0) is 0 Å². The molecule has 84 valence electrons.